The third kappa shape index (κ3) is 21.7. The second kappa shape index (κ2) is 33.1. The lowest BCUT2D eigenvalue weighted by molar-refractivity contribution is 0.0485. The van der Waals surface area contributed by atoms with Gasteiger partial charge < -0.3 is 37.5 Å². The molecule has 20 nitrogen and oxygen atoms in total. The first-order valence-electron chi connectivity index (χ1n) is 27.4. The van der Waals surface area contributed by atoms with Gasteiger partial charge in [0.25, 0.3) is 0 Å². The summed E-state index contributed by atoms with van der Waals surface area (Å²) in [6.45, 7) is 10.1. The minimum Gasteiger partial charge on any atom is -0.444 e. The molecule has 438 valence electrons. The number of carbonyl (C=O) groups is 1. The summed E-state index contributed by atoms with van der Waals surface area (Å²) in [4.78, 5) is 27.1. The van der Waals surface area contributed by atoms with Crippen LogP contribution >= 0.6 is 34.8 Å². The Bertz CT molecular complexity index is 3250. The van der Waals surface area contributed by atoms with Gasteiger partial charge in [0.1, 0.15) is 50.9 Å². The number of nitrogens with one attached hydrogen (secondary N) is 4. The molecule has 3 aliphatic carbocycles. The van der Waals surface area contributed by atoms with Crippen molar-refractivity contribution in [1.29, 1.82) is 15.8 Å². The Morgan fingerprint density at radius 3 is 1.58 bits per heavy atom. The largest absolute Gasteiger partial charge is 0.444 e. The third-order valence-corrected chi connectivity index (χ3v) is 14.4. The normalized spacial score (nSPS) is 18.8. The SMILES string of the molecule is C.CC(C)(C)OC(=O)N[C@H]1CCCC[C@H]1N.C[C@H]1CCCC[C@H]1Nc1ccc(C#N)c(Cl)n1.C[C@H]1CCCC[C@H]1Nc1ccc(C#N)c(Nc2cccc(-n3nccn3)c2)n1.N#Cc1ccc(Cl)nc1Cl.Nc1cccc(-n2nccn2)c1. The topological polar surface area (TPSA) is 298 Å². The number of nitrogen functional groups attached to an aromatic ring is 1. The van der Waals surface area contributed by atoms with Gasteiger partial charge in [-0.1, -0.05) is 107 Å². The molecule has 3 saturated carbocycles. The average molecular weight is 1190 g/mol. The van der Waals surface area contributed by atoms with Gasteiger partial charge >= 0.3 is 6.09 Å². The number of alkyl carbamates (subject to hydrolysis) is 1. The maximum Gasteiger partial charge on any atom is 0.407 e. The van der Waals surface area contributed by atoms with E-state index >= 15 is 0 Å². The third-order valence-electron chi connectivity index (χ3n) is 13.6. The van der Waals surface area contributed by atoms with Gasteiger partial charge in [-0.2, -0.15) is 45.8 Å². The predicted molar refractivity (Wildman–Crippen MR) is 329 cm³/mol. The predicted octanol–water partition coefficient (Wildman–Crippen LogP) is 13.4. The van der Waals surface area contributed by atoms with E-state index in [4.69, 9.17) is 61.5 Å². The molecule has 10 rings (SSSR count). The van der Waals surface area contributed by atoms with Crippen LogP contribution in [0.1, 0.15) is 136 Å². The van der Waals surface area contributed by atoms with Crippen LogP contribution in [-0.2, 0) is 4.74 Å². The highest BCUT2D eigenvalue weighted by molar-refractivity contribution is 6.33. The van der Waals surface area contributed by atoms with Gasteiger partial charge in [0, 0.05) is 35.5 Å². The van der Waals surface area contributed by atoms with Crippen LogP contribution in [0, 0.1) is 45.8 Å². The number of carbonyl (C=O) groups excluding carboxylic acids is 1. The van der Waals surface area contributed by atoms with E-state index in [1.165, 1.54) is 61.9 Å². The number of pyridine rings is 3. The van der Waals surface area contributed by atoms with Crippen LogP contribution in [0.3, 0.4) is 0 Å². The van der Waals surface area contributed by atoms with Gasteiger partial charge in [-0.25, -0.2) is 19.7 Å². The van der Waals surface area contributed by atoms with Crippen LogP contribution in [0.4, 0.5) is 33.6 Å². The Hall–Kier alpha value is -8.06. The quantitative estimate of drug-likeness (QED) is 0.0578. The second-order valence-electron chi connectivity index (χ2n) is 21.1. The van der Waals surface area contributed by atoms with Crippen molar-refractivity contribution < 1.29 is 9.53 Å². The number of hydrogen-bond acceptors (Lipinski definition) is 17. The van der Waals surface area contributed by atoms with Gasteiger partial charge in [-0.3, -0.25) is 0 Å². The number of nitriles is 3. The fourth-order valence-corrected chi connectivity index (χ4v) is 9.83. The lowest BCUT2D eigenvalue weighted by Crippen LogP contribution is -2.50. The highest BCUT2D eigenvalue weighted by Crippen LogP contribution is 2.30. The van der Waals surface area contributed by atoms with Gasteiger partial charge in [-0.05, 0) is 144 Å². The van der Waals surface area contributed by atoms with E-state index in [-0.39, 0.29) is 35.9 Å². The molecule has 0 aliphatic heterocycles. The fourth-order valence-electron chi connectivity index (χ4n) is 9.25. The molecule has 0 unspecified atom stereocenters. The molecular weight excluding hydrogens is 1110 g/mol. The number of rotatable bonds is 9. The molecule has 6 atom stereocenters. The highest BCUT2D eigenvalue weighted by atomic mass is 35.5. The first-order valence-corrected chi connectivity index (χ1v) is 28.5. The number of halogens is 3. The molecule has 0 saturated heterocycles. The Balaban J connectivity index is 0.000000200. The van der Waals surface area contributed by atoms with E-state index in [0.29, 0.717) is 57.3 Å². The Morgan fingerprint density at radius 2 is 1.08 bits per heavy atom. The number of aromatic nitrogens is 9. The molecule has 1 amide bonds. The van der Waals surface area contributed by atoms with Crippen molar-refractivity contribution in [3.8, 4) is 29.6 Å². The zero-order valence-electron chi connectivity index (χ0n) is 46.8. The van der Waals surface area contributed by atoms with E-state index in [1.54, 1.807) is 35.7 Å². The number of hydrogen-bond donors (Lipinski definition) is 6. The lowest BCUT2D eigenvalue weighted by Gasteiger charge is -2.30. The van der Waals surface area contributed by atoms with E-state index in [1.807, 2.05) is 99.6 Å². The summed E-state index contributed by atoms with van der Waals surface area (Å²) in [5, 5.41) is 56.7. The number of nitrogens with zero attached hydrogens (tertiary/aromatic N) is 12. The molecule has 0 radical (unpaired) electrons. The van der Waals surface area contributed by atoms with Crippen molar-refractivity contribution in [2.24, 2.45) is 17.6 Å². The summed E-state index contributed by atoms with van der Waals surface area (Å²) in [6.07, 6.45) is 20.4. The molecule has 5 heterocycles. The summed E-state index contributed by atoms with van der Waals surface area (Å²) >= 11 is 16.9. The molecule has 5 aromatic heterocycles. The molecule has 23 heteroatoms. The molecule has 0 bridgehead atoms. The number of benzene rings is 2. The zero-order valence-corrected chi connectivity index (χ0v) is 49.1. The summed E-state index contributed by atoms with van der Waals surface area (Å²) in [6, 6.07) is 32.5. The molecule has 3 fully saturated rings. The smallest absolute Gasteiger partial charge is 0.407 e. The van der Waals surface area contributed by atoms with Crippen molar-refractivity contribution in [1.82, 2.24) is 50.3 Å². The molecule has 8 N–H and O–H groups in total. The summed E-state index contributed by atoms with van der Waals surface area (Å²) < 4.78 is 5.18. The van der Waals surface area contributed by atoms with Crippen LogP contribution in [-0.4, -0.2) is 80.8 Å². The minimum atomic E-state index is -0.442. The molecular formula is C60H75Cl3N18O2. The Kier molecular flexibility index (Phi) is 26.3. The lowest BCUT2D eigenvalue weighted by atomic mass is 9.86. The van der Waals surface area contributed by atoms with E-state index in [0.717, 1.165) is 60.8 Å². The van der Waals surface area contributed by atoms with E-state index < -0.39 is 5.60 Å². The van der Waals surface area contributed by atoms with E-state index in [9.17, 15) is 10.1 Å². The molecule has 7 aromatic rings. The highest BCUT2D eigenvalue weighted by Gasteiger charge is 2.26. The summed E-state index contributed by atoms with van der Waals surface area (Å²) in [5.41, 5.74) is 15.6. The maximum absolute atomic E-state index is 11.5. The van der Waals surface area contributed by atoms with Crippen molar-refractivity contribution in [2.75, 3.05) is 21.7 Å². The van der Waals surface area contributed by atoms with Gasteiger partial charge in [0.05, 0.1) is 52.9 Å². The van der Waals surface area contributed by atoms with Crippen LogP contribution in [0.15, 0.2) is 110 Å². The molecule has 83 heavy (non-hydrogen) atoms. The van der Waals surface area contributed by atoms with Crippen molar-refractivity contribution in [3.63, 3.8) is 0 Å². The number of ether oxygens (including phenoxy) is 1. The molecule has 3 aliphatic rings. The second-order valence-corrected chi connectivity index (χ2v) is 22.2. The van der Waals surface area contributed by atoms with Crippen LogP contribution in [0.2, 0.25) is 15.5 Å². The zero-order chi connectivity index (χ0) is 59.0. The van der Waals surface area contributed by atoms with Crippen molar-refractivity contribution in [2.45, 2.75) is 149 Å². The van der Waals surface area contributed by atoms with Gasteiger partial charge in [0.2, 0.25) is 0 Å². The van der Waals surface area contributed by atoms with Crippen LogP contribution in [0.25, 0.3) is 11.4 Å². The number of nitrogens with two attached hydrogens (primary N) is 2. The van der Waals surface area contributed by atoms with E-state index in [2.05, 4.69) is 76.5 Å². The Labute approximate surface area is 502 Å². The van der Waals surface area contributed by atoms with Crippen LogP contribution < -0.4 is 32.7 Å². The monoisotopic (exact) mass is 1180 g/mol. The summed E-state index contributed by atoms with van der Waals surface area (Å²) in [7, 11) is 0. The fraction of sp³-hybridized carbons (Fsp3) is 0.417. The average Bonchev–Trinajstić information content (AvgIpc) is 4.35. The van der Waals surface area contributed by atoms with Crippen molar-refractivity contribution in [3.05, 3.63) is 142 Å². The Morgan fingerprint density at radius 1 is 0.614 bits per heavy atom. The van der Waals surface area contributed by atoms with Crippen LogP contribution in [0.5, 0.6) is 0 Å². The first kappa shape index (κ1) is 65.7. The number of anilines is 5. The molecule has 0 spiro atoms. The molecule has 2 aromatic carbocycles. The minimum absolute atomic E-state index is 0. The standard InChI is InChI=1S/C21H23N7.C13H16ClN3.C11H22N2O2.C8H8N4.C6H2Cl2N2.CH4/c1-15-5-2-3-8-19(15)26-20-10-9-16(14-22)21(27-20)25-17-6-4-7-18(13-17)28-23-11-12-24-28;1-9-4-2-3-5-11(9)16-12-7-6-10(8-15)13(14)17-12;1-11(2,3)15-10(14)13-9-7-5-4-6-8(9)12;9-7-2-1-3-8(6-7)12-10-4-5-11-12;7-5-2-1-4(3-9)6(8)10-5;/h4,6-7,9-13,15,19H,2-3,5,8H2,1H3,(H2,25,26,27);6-7,9,11H,2-5H2,1H3,(H,16,17);8-9H,4-7,12H2,1-3H3,(H,13,14);1-6H,9H2;1-2H;1H4/t15-,19+;9-,11+;8-,9+;;;/m001.../s1. The summed E-state index contributed by atoms with van der Waals surface area (Å²) in [5.74, 6) is 3.40. The van der Waals surface area contributed by atoms with Gasteiger partial charge in [0.15, 0.2) is 5.82 Å². The number of amides is 1. The van der Waals surface area contributed by atoms with Gasteiger partial charge in [-0.15, -0.1) is 0 Å². The first-order chi connectivity index (χ1) is 39.4. The maximum atomic E-state index is 11.5. The van der Waals surface area contributed by atoms with Crippen molar-refractivity contribution >= 4 is 69.7 Å².